The summed E-state index contributed by atoms with van der Waals surface area (Å²) >= 11 is 0. The van der Waals surface area contributed by atoms with E-state index in [0.29, 0.717) is 13.0 Å². The van der Waals surface area contributed by atoms with Crippen LogP contribution < -0.4 is 10.1 Å². The molecule has 0 fully saturated rings. The molecule has 4 nitrogen and oxygen atoms in total. The van der Waals surface area contributed by atoms with Crippen LogP contribution in [0.4, 0.5) is 0 Å². The second kappa shape index (κ2) is 6.10. The first-order valence-corrected chi connectivity index (χ1v) is 7.42. The zero-order valence-corrected chi connectivity index (χ0v) is 12.5. The third-order valence-electron chi connectivity index (χ3n) is 4.03. The largest absolute Gasteiger partial charge is 0.508 e. The van der Waals surface area contributed by atoms with Gasteiger partial charge in [-0.05, 0) is 30.7 Å². The molecule has 114 valence electrons. The fraction of sp³-hybridized carbons (Fsp3) is 0.278. The number of fused-ring (bicyclic) bond motifs is 1. The Morgan fingerprint density at radius 3 is 2.77 bits per heavy atom. The maximum absolute atomic E-state index is 12.2. The number of hydrogen-bond acceptors (Lipinski definition) is 3. The highest BCUT2D eigenvalue weighted by Crippen LogP contribution is 2.35. The van der Waals surface area contributed by atoms with Gasteiger partial charge in [0.15, 0.2) is 0 Å². The Kier molecular flexibility index (Phi) is 4.00. The first-order valence-electron chi connectivity index (χ1n) is 7.42. The van der Waals surface area contributed by atoms with Crippen LogP contribution in [-0.4, -0.2) is 23.7 Å². The average molecular weight is 297 g/mol. The van der Waals surface area contributed by atoms with Crippen LogP contribution in [0.15, 0.2) is 48.5 Å². The van der Waals surface area contributed by atoms with E-state index in [0.717, 1.165) is 16.9 Å². The molecule has 2 aromatic carbocycles. The Morgan fingerprint density at radius 2 is 2.00 bits per heavy atom. The minimum atomic E-state index is -0.0254. The molecule has 1 heterocycles. The number of aromatic hydroxyl groups is 1. The summed E-state index contributed by atoms with van der Waals surface area (Å²) in [5.41, 5.74) is 2.03. The number of benzene rings is 2. The first kappa shape index (κ1) is 14.4. The lowest BCUT2D eigenvalue weighted by molar-refractivity contribution is -0.121. The van der Waals surface area contributed by atoms with Crippen molar-refractivity contribution in [2.45, 2.75) is 25.3 Å². The van der Waals surface area contributed by atoms with Gasteiger partial charge in [-0.15, -0.1) is 0 Å². The third-order valence-corrected chi connectivity index (χ3v) is 4.03. The van der Waals surface area contributed by atoms with Gasteiger partial charge in [0.1, 0.15) is 11.5 Å². The molecule has 1 amide bonds. The molecular formula is C18H19NO3. The number of ether oxygens (including phenoxy) is 1. The van der Waals surface area contributed by atoms with Gasteiger partial charge in [-0.2, -0.15) is 0 Å². The maximum atomic E-state index is 12.2. The maximum Gasteiger partial charge on any atom is 0.224 e. The van der Waals surface area contributed by atoms with Gasteiger partial charge in [-0.3, -0.25) is 4.79 Å². The lowest BCUT2D eigenvalue weighted by Gasteiger charge is -2.20. The fourth-order valence-corrected chi connectivity index (χ4v) is 2.81. The quantitative estimate of drug-likeness (QED) is 0.912. The third kappa shape index (κ3) is 3.06. The van der Waals surface area contributed by atoms with Crippen molar-refractivity contribution >= 4 is 5.91 Å². The number of rotatable bonds is 4. The van der Waals surface area contributed by atoms with Crippen LogP contribution in [0.5, 0.6) is 11.5 Å². The highest BCUT2D eigenvalue weighted by Gasteiger charge is 2.29. The van der Waals surface area contributed by atoms with Crippen molar-refractivity contribution in [2.24, 2.45) is 0 Å². The van der Waals surface area contributed by atoms with Crippen molar-refractivity contribution in [2.75, 3.05) is 6.61 Å². The molecule has 1 aliphatic rings. The van der Waals surface area contributed by atoms with Crippen molar-refractivity contribution in [1.29, 1.82) is 0 Å². The molecule has 2 N–H and O–H groups in total. The highest BCUT2D eigenvalue weighted by atomic mass is 16.5. The number of amides is 1. The van der Waals surface area contributed by atoms with Crippen LogP contribution in [0.3, 0.4) is 0 Å². The Balaban J connectivity index is 1.61. The molecule has 1 aliphatic heterocycles. The normalized spacial score (nSPS) is 17.4. The second-order valence-corrected chi connectivity index (χ2v) is 5.65. The molecule has 0 unspecified atom stereocenters. The number of para-hydroxylation sites is 1. The molecule has 0 aliphatic carbocycles. The Hall–Kier alpha value is -2.49. The van der Waals surface area contributed by atoms with Gasteiger partial charge in [0.05, 0.1) is 13.0 Å². The number of carbonyl (C=O) groups is 1. The Labute approximate surface area is 129 Å². The summed E-state index contributed by atoms with van der Waals surface area (Å²) in [5, 5.41) is 12.3. The van der Waals surface area contributed by atoms with Crippen LogP contribution >= 0.6 is 0 Å². The summed E-state index contributed by atoms with van der Waals surface area (Å²) in [6, 6.07) is 14.7. The fourth-order valence-electron chi connectivity index (χ4n) is 2.81. The highest BCUT2D eigenvalue weighted by molar-refractivity contribution is 5.79. The molecule has 0 saturated carbocycles. The molecule has 0 aromatic heterocycles. The van der Waals surface area contributed by atoms with Crippen molar-refractivity contribution < 1.29 is 14.6 Å². The molecule has 2 aromatic rings. The summed E-state index contributed by atoms with van der Waals surface area (Å²) in [7, 11) is 0. The predicted molar refractivity (Wildman–Crippen MR) is 84.1 cm³/mol. The first-order chi connectivity index (χ1) is 10.6. The summed E-state index contributed by atoms with van der Waals surface area (Å²) in [6.45, 7) is 2.60. The lowest BCUT2D eigenvalue weighted by atomic mass is 9.94. The average Bonchev–Trinajstić information content (AvgIpc) is 2.93. The summed E-state index contributed by atoms with van der Waals surface area (Å²) in [4.78, 5) is 12.2. The molecule has 0 radical (unpaired) electrons. The van der Waals surface area contributed by atoms with E-state index in [1.165, 1.54) is 0 Å². The van der Waals surface area contributed by atoms with E-state index in [1.54, 1.807) is 24.3 Å². The monoisotopic (exact) mass is 297 g/mol. The molecule has 2 atom stereocenters. The van der Waals surface area contributed by atoms with Crippen molar-refractivity contribution in [1.82, 2.24) is 5.32 Å². The Morgan fingerprint density at radius 1 is 1.27 bits per heavy atom. The molecular weight excluding hydrogens is 278 g/mol. The number of phenols is 1. The Bertz CT molecular complexity index is 666. The van der Waals surface area contributed by atoms with Crippen molar-refractivity contribution in [3.8, 4) is 11.5 Å². The molecule has 22 heavy (non-hydrogen) atoms. The van der Waals surface area contributed by atoms with Gasteiger partial charge in [-0.1, -0.05) is 30.3 Å². The van der Waals surface area contributed by atoms with Crippen LogP contribution in [-0.2, 0) is 11.2 Å². The molecule has 4 heteroatoms. The summed E-state index contributed by atoms with van der Waals surface area (Å²) < 4.78 is 5.67. The van der Waals surface area contributed by atoms with Crippen molar-refractivity contribution in [3.05, 3.63) is 59.7 Å². The van der Waals surface area contributed by atoms with E-state index < -0.39 is 0 Å². The number of phenolic OH excluding ortho intramolecular Hbond substituents is 1. The number of carbonyl (C=O) groups excluding carboxylic acids is 1. The predicted octanol–water partition coefficient (Wildman–Crippen LogP) is 2.62. The lowest BCUT2D eigenvalue weighted by Crippen LogP contribution is -2.38. The zero-order chi connectivity index (χ0) is 15.5. The molecule has 0 spiro atoms. The summed E-state index contributed by atoms with van der Waals surface area (Å²) in [5.74, 6) is 1.27. The van der Waals surface area contributed by atoms with E-state index in [4.69, 9.17) is 4.74 Å². The number of nitrogens with one attached hydrogen (secondary N) is 1. The van der Waals surface area contributed by atoms with Crippen LogP contribution in [0.1, 0.15) is 24.0 Å². The minimum absolute atomic E-state index is 0.00765. The summed E-state index contributed by atoms with van der Waals surface area (Å²) in [6.07, 6.45) is 0.305. The van der Waals surface area contributed by atoms with Crippen LogP contribution in [0.2, 0.25) is 0 Å². The van der Waals surface area contributed by atoms with Gasteiger partial charge in [0.25, 0.3) is 0 Å². The van der Waals surface area contributed by atoms with E-state index >= 15 is 0 Å². The van der Waals surface area contributed by atoms with E-state index in [9.17, 15) is 9.90 Å². The van der Waals surface area contributed by atoms with E-state index in [1.807, 2.05) is 25.1 Å². The minimum Gasteiger partial charge on any atom is -0.508 e. The smallest absolute Gasteiger partial charge is 0.224 e. The van der Waals surface area contributed by atoms with E-state index in [-0.39, 0.29) is 23.6 Å². The molecule has 0 bridgehead atoms. The SMILES string of the molecule is C[C@H](NC(=O)Cc1ccc(O)cc1)[C@H]1COc2ccccc21. The van der Waals surface area contributed by atoms with Gasteiger partial charge >= 0.3 is 0 Å². The second-order valence-electron chi connectivity index (χ2n) is 5.65. The topological polar surface area (TPSA) is 58.6 Å². The van der Waals surface area contributed by atoms with Crippen LogP contribution in [0, 0.1) is 0 Å². The van der Waals surface area contributed by atoms with Crippen molar-refractivity contribution in [3.63, 3.8) is 0 Å². The van der Waals surface area contributed by atoms with Crippen LogP contribution in [0.25, 0.3) is 0 Å². The molecule has 3 rings (SSSR count). The van der Waals surface area contributed by atoms with Gasteiger partial charge in [0.2, 0.25) is 5.91 Å². The van der Waals surface area contributed by atoms with Gasteiger partial charge in [0, 0.05) is 17.5 Å². The van der Waals surface area contributed by atoms with Gasteiger partial charge in [-0.25, -0.2) is 0 Å². The zero-order valence-electron chi connectivity index (χ0n) is 12.5. The molecule has 0 saturated heterocycles. The standard InChI is InChI=1S/C18H19NO3/c1-12(16-11-22-17-5-3-2-4-15(16)17)19-18(21)10-13-6-8-14(20)9-7-13/h2-9,12,16,20H,10-11H2,1H3,(H,19,21)/t12-,16+/m0/s1. The van der Waals surface area contributed by atoms with Gasteiger partial charge < -0.3 is 15.2 Å². The number of hydrogen-bond donors (Lipinski definition) is 2. The van der Waals surface area contributed by atoms with E-state index in [2.05, 4.69) is 11.4 Å².